The van der Waals surface area contributed by atoms with Crippen molar-refractivity contribution in [1.29, 1.82) is 0 Å². The second kappa shape index (κ2) is 8.57. The number of para-hydroxylation sites is 1. The zero-order chi connectivity index (χ0) is 20.9. The Bertz CT molecular complexity index is 1170. The third-order valence-electron chi connectivity index (χ3n) is 4.74. The number of hydrogen-bond donors (Lipinski definition) is 1. The van der Waals surface area contributed by atoms with E-state index < -0.39 is 0 Å². The predicted molar refractivity (Wildman–Crippen MR) is 114 cm³/mol. The lowest BCUT2D eigenvalue weighted by Crippen LogP contribution is -2.32. The summed E-state index contributed by atoms with van der Waals surface area (Å²) in [5.74, 6) is -0.431. The molecule has 7 nitrogen and oxygen atoms in total. The molecule has 0 atom stereocenters. The van der Waals surface area contributed by atoms with Gasteiger partial charge in [0.15, 0.2) is 5.69 Å². The molecule has 1 aromatic carbocycles. The number of hydrogen-bond acceptors (Lipinski definition) is 4. The minimum Gasteiger partial charge on any atom is -0.345 e. The fourth-order valence-corrected chi connectivity index (χ4v) is 3.29. The van der Waals surface area contributed by atoms with Crippen molar-refractivity contribution in [2.75, 3.05) is 11.4 Å². The van der Waals surface area contributed by atoms with Gasteiger partial charge in [-0.25, -0.2) is 4.98 Å². The van der Waals surface area contributed by atoms with Gasteiger partial charge in [-0.2, -0.15) is 0 Å². The summed E-state index contributed by atoms with van der Waals surface area (Å²) in [6.45, 7) is 2.66. The number of nitrogens with zero attached hydrogens (tertiary/aromatic N) is 4. The minimum absolute atomic E-state index is 0.194. The van der Waals surface area contributed by atoms with Crippen molar-refractivity contribution in [3.05, 3.63) is 96.3 Å². The molecule has 150 valence electrons. The number of nitrogens with one attached hydrogen (secondary N) is 1. The summed E-state index contributed by atoms with van der Waals surface area (Å²) in [4.78, 5) is 36.4. The summed E-state index contributed by atoms with van der Waals surface area (Å²) >= 11 is 0. The van der Waals surface area contributed by atoms with Gasteiger partial charge >= 0.3 is 0 Å². The molecular weight excluding hydrogens is 378 g/mol. The highest BCUT2D eigenvalue weighted by Crippen LogP contribution is 2.19. The van der Waals surface area contributed by atoms with Crippen LogP contribution in [0.3, 0.4) is 0 Å². The number of aromatic nitrogens is 3. The van der Waals surface area contributed by atoms with Crippen molar-refractivity contribution < 1.29 is 9.59 Å². The average Bonchev–Trinajstić information content (AvgIpc) is 3.19. The highest BCUT2D eigenvalue weighted by molar-refractivity contribution is 6.07. The van der Waals surface area contributed by atoms with Crippen molar-refractivity contribution in [2.45, 2.75) is 13.5 Å². The second-order valence-electron chi connectivity index (χ2n) is 6.63. The van der Waals surface area contributed by atoms with Crippen LogP contribution < -0.4 is 10.2 Å². The Morgan fingerprint density at radius 2 is 1.77 bits per heavy atom. The van der Waals surface area contributed by atoms with Crippen molar-refractivity contribution >= 4 is 23.0 Å². The normalized spacial score (nSPS) is 10.7. The van der Waals surface area contributed by atoms with Crippen LogP contribution in [-0.2, 0) is 6.54 Å². The first-order valence-corrected chi connectivity index (χ1v) is 9.71. The quantitative estimate of drug-likeness (QED) is 0.539. The van der Waals surface area contributed by atoms with Crippen molar-refractivity contribution in [3.8, 4) is 0 Å². The fourth-order valence-electron chi connectivity index (χ4n) is 3.29. The summed E-state index contributed by atoms with van der Waals surface area (Å²) in [7, 11) is 0. The number of benzene rings is 1. The first kappa shape index (κ1) is 19.3. The van der Waals surface area contributed by atoms with Crippen molar-refractivity contribution in [1.82, 2.24) is 19.7 Å². The fraction of sp³-hybridized carbons (Fsp3) is 0.130. The Labute approximate surface area is 174 Å². The summed E-state index contributed by atoms with van der Waals surface area (Å²) < 4.78 is 1.66. The van der Waals surface area contributed by atoms with E-state index in [4.69, 9.17) is 0 Å². The molecule has 0 aliphatic rings. The summed E-state index contributed by atoms with van der Waals surface area (Å²) in [6, 6.07) is 20.3. The monoisotopic (exact) mass is 399 g/mol. The molecule has 0 radical (unpaired) electrons. The first-order chi connectivity index (χ1) is 14.7. The van der Waals surface area contributed by atoms with E-state index in [2.05, 4.69) is 15.3 Å². The van der Waals surface area contributed by atoms with Crippen molar-refractivity contribution in [2.24, 2.45) is 0 Å². The van der Waals surface area contributed by atoms with Gasteiger partial charge in [-0.15, -0.1) is 0 Å². The van der Waals surface area contributed by atoms with E-state index in [0.717, 1.165) is 11.4 Å². The molecule has 0 fully saturated rings. The van der Waals surface area contributed by atoms with E-state index in [1.54, 1.807) is 33.8 Å². The molecule has 0 aliphatic carbocycles. The van der Waals surface area contributed by atoms with Crippen LogP contribution in [-0.4, -0.2) is 32.7 Å². The summed E-state index contributed by atoms with van der Waals surface area (Å²) in [5, 5.41) is 2.83. The number of rotatable bonds is 6. The van der Waals surface area contributed by atoms with Crippen LogP contribution >= 0.6 is 0 Å². The molecule has 3 aromatic heterocycles. The molecule has 0 unspecified atom stereocenters. The predicted octanol–water partition coefficient (Wildman–Crippen LogP) is 3.33. The van der Waals surface area contributed by atoms with E-state index >= 15 is 0 Å². The Hall–Kier alpha value is -4.00. The number of amides is 2. The molecule has 0 aliphatic heterocycles. The van der Waals surface area contributed by atoms with Gasteiger partial charge in [-0.3, -0.25) is 19.0 Å². The molecule has 4 rings (SSSR count). The topological polar surface area (TPSA) is 79.6 Å². The molecule has 7 heteroatoms. The van der Waals surface area contributed by atoms with E-state index in [1.807, 2.05) is 61.5 Å². The number of carbonyl (C=O) groups excluding carboxylic acids is 2. The lowest BCUT2D eigenvalue weighted by Gasteiger charge is -2.20. The van der Waals surface area contributed by atoms with Gasteiger partial charge < -0.3 is 10.2 Å². The zero-order valence-corrected chi connectivity index (χ0v) is 16.5. The molecule has 0 saturated heterocycles. The van der Waals surface area contributed by atoms with Gasteiger partial charge in [-0.1, -0.05) is 30.3 Å². The van der Waals surface area contributed by atoms with Crippen molar-refractivity contribution in [3.63, 3.8) is 0 Å². The third kappa shape index (κ3) is 3.77. The lowest BCUT2D eigenvalue weighted by atomic mass is 10.3. The molecule has 0 bridgehead atoms. The molecule has 2 amide bonds. The van der Waals surface area contributed by atoms with Crippen LogP contribution in [0.1, 0.15) is 33.7 Å². The maximum atomic E-state index is 13.3. The summed E-state index contributed by atoms with van der Waals surface area (Å²) in [5.41, 5.74) is 2.30. The Balaban J connectivity index is 1.66. The highest BCUT2D eigenvalue weighted by atomic mass is 16.2. The van der Waals surface area contributed by atoms with Crippen LogP contribution in [0.4, 0.5) is 5.69 Å². The van der Waals surface area contributed by atoms with Gasteiger partial charge in [0.1, 0.15) is 0 Å². The Morgan fingerprint density at radius 3 is 2.50 bits per heavy atom. The SMILES string of the molecule is CCN(C(=O)c1nc(C(=O)NCc2ccccn2)c2ccccn12)c1ccccc1. The molecular formula is C23H21N5O2. The van der Waals surface area contributed by atoms with Gasteiger partial charge in [-0.05, 0) is 43.3 Å². The number of pyridine rings is 2. The van der Waals surface area contributed by atoms with E-state index in [-0.39, 0.29) is 29.9 Å². The van der Waals surface area contributed by atoms with E-state index in [1.165, 1.54) is 0 Å². The number of imidazole rings is 1. The van der Waals surface area contributed by atoms with Gasteiger partial charge in [0.05, 0.1) is 17.8 Å². The van der Waals surface area contributed by atoms with E-state index in [0.29, 0.717) is 12.1 Å². The molecule has 0 saturated carbocycles. The highest BCUT2D eigenvalue weighted by Gasteiger charge is 2.25. The largest absolute Gasteiger partial charge is 0.345 e. The molecule has 30 heavy (non-hydrogen) atoms. The molecule has 4 aromatic rings. The maximum Gasteiger partial charge on any atom is 0.294 e. The smallest absolute Gasteiger partial charge is 0.294 e. The van der Waals surface area contributed by atoms with Gasteiger partial charge in [0.2, 0.25) is 5.82 Å². The first-order valence-electron chi connectivity index (χ1n) is 9.71. The van der Waals surface area contributed by atoms with Crippen LogP contribution in [0.2, 0.25) is 0 Å². The summed E-state index contributed by atoms with van der Waals surface area (Å²) in [6.07, 6.45) is 3.41. The van der Waals surface area contributed by atoms with Gasteiger partial charge in [0, 0.05) is 24.6 Å². The number of fused-ring (bicyclic) bond motifs is 1. The van der Waals surface area contributed by atoms with E-state index in [9.17, 15) is 9.59 Å². The molecule has 0 spiro atoms. The molecule has 3 heterocycles. The third-order valence-corrected chi connectivity index (χ3v) is 4.74. The second-order valence-corrected chi connectivity index (χ2v) is 6.63. The standard InChI is InChI=1S/C23H21N5O2/c1-2-27(18-11-4-3-5-12-18)23(30)21-26-20(19-13-7-9-15-28(19)21)22(29)25-16-17-10-6-8-14-24-17/h3-15H,2,16H2,1H3,(H,25,29). The average molecular weight is 399 g/mol. The van der Waals surface area contributed by atoms with Crippen LogP contribution in [0.25, 0.3) is 5.52 Å². The maximum absolute atomic E-state index is 13.3. The molecule has 1 N–H and O–H groups in total. The Kier molecular flexibility index (Phi) is 5.52. The van der Waals surface area contributed by atoms with Crippen LogP contribution in [0.5, 0.6) is 0 Å². The Morgan fingerprint density at radius 1 is 1.00 bits per heavy atom. The van der Waals surface area contributed by atoms with Crippen LogP contribution in [0.15, 0.2) is 79.1 Å². The zero-order valence-electron chi connectivity index (χ0n) is 16.5. The number of carbonyl (C=O) groups is 2. The number of anilines is 1. The van der Waals surface area contributed by atoms with Gasteiger partial charge in [0.25, 0.3) is 11.8 Å². The lowest BCUT2D eigenvalue weighted by molar-refractivity contribution is 0.0947. The van der Waals surface area contributed by atoms with Crippen LogP contribution in [0, 0.1) is 0 Å². The minimum atomic E-state index is -0.355.